The van der Waals surface area contributed by atoms with Gasteiger partial charge in [-0.25, -0.2) is 0 Å². The Morgan fingerprint density at radius 3 is 0.885 bits per heavy atom. The third kappa shape index (κ3) is 19.1. The molecule has 0 aromatic rings. The molecule has 150 valence electrons. The normalized spacial score (nSPS) is 11.0. The molecule has 0 aliphatic heterocycles. The van der Waals surface area contributed by atoms with E-state index in [0.29, 0.717) is 9.16 Å². The van der Waals surface area contributed by atoms with Gasteiger partial charge in [0.15, 0.2) is 0 Å². The van der Waals surface area contributed by atoms with Gasteiger partial charge < -0.3 is 0 Å². The van der Waals surface area contributed by atoms with Crippen LogP contribution in [0.25, 0.3) is 0 Å². The zero-order valence-electron chi connectivity index (χ0n) is 14.0. The minimum absolute atomic E-state index is 0.512. The molecule has 0 atom stereocenters. The molecule has 0 saturated carbocycles. The lowest BCUT2D eigenvalue weighted by Crippen LogP contribution is -2.09. The fourth-order valence-electron chi connectivity index (χ4n) is 0.896. The summed E-state index contributed by atoms with van der Waals surface area (Å²) in [6.45, 7) is 15.1. The summed E-state index contributed by atoms with van der Waals surface area (Å²) in [6, 6.07) is 0. The molecule has 0 N–H and O–H groups in total. The molecule has 0 radical (unpaired) electrons. The van der Waals surface area contributed by atoms with Gasteiger partial charge in [-0.05, 0) is 21.6 Å². The Morgan fingerprint density at radius 2 is 0.692 bits per heavy atom. The van der Waals surface area contributed by atoms with E-state index >= 15 is 0 Å². The molecule has 0 aromatic carbocycles. The molecule has 0 spiro atoms. The Bertz CT molecular complexity index is 298. The summed E-state index contributed by atoms with van der Waals surface area (Å²) < 4.78 is 1.02. The summed E-state index contributed by atoms with van der Waals surface area (Å²) >= 11 is 7.05. The van der Waals surface area contributed by atoms with Crippen LogP contribution in [0.5, 0.6) is 0 Å². The topological polar surface area (TPSA) is 0 Å². The first kappa shape index (κ1) is 29.2. The van der Waals surface area contributed by atoms with Crippen LogP contribution in [0, 0.1) is 0 Å². The molecule has 0 saturated heterocycles. The minimum Gasteiger partial charge on any atom is -0.123 e. The van der Waals surface area contributed by atoms with Crippen molar-refractivity contribution >= 4 is 133 Å². The van der Waals surface area contributed by atoms with Crippen LogP contribution in [-0.4, -0.2) is 29.5 Å². The summed E-state index contributed by atoms with van der Waals surface area (Å²) in [6.07, 6.45) is 0. The summed E-state index contributed by atoms with van der Waals surface area (Å²) in [7, 11) is 15.7. The maximum atomic E-state index is 3.78. The predicted molar refractivity (Wildman–Crippen MR) is 159 cm³/mol. The average Bonchev–Trinajstić information content (AvgIpc) is 2.66. The maximum Gasteiger partial charge on any atom is 0.0936 e. The molecular formula is C14H22S12. The van der Waals surface area contributed by atoms with Crippen molar-refractivity contribution in [3.63, 3.8) is 0 Å². The van der Waals surface area contributed by atoms with Gasteiger partial charge in [0, 0.05) is 0 Å². The Hall–Kier alpha value is 3.16. The van der Waals surface area contributed by atoms with Crippen molar-refractivity contribution in [2.75, 3.05) is 20.3 Å². The third-order valence-corrected chi connectivity index (χ3v) is 19.8. The van der Waals surface area contributed by atoms with Gasteiger partial charge in [-0.15, -0.1) is 47.0 Å². The molecule has 26 heavy (non-hydrogen) atoms. The SMILES string of the molecule is C=CSCSSC(SSCSC=C)C(SSCSC=C)SSCSC=C. The summed E-state index contributed by atoms with van der Waals surface area (Å²) in [4.78, 5) is 0. The minimum atomic E-state index is 0.512. The molecule has 12 heteroatoms. The predicted octanol–water partition coefficient (Wildman–Crippen LogP) is 10.5. The molecule has 0 aliphatic rings. The molecule has 0 aromatic heterocycles. The highest BCUT2D eigenvalue weighted by atomic mass is 33.1. The van der Waals surface area contributed by atoms with Crippen molar-refractivity contribution in [3.8, 4) is 0 Å². The number of hydrogen-bond donors (Lipinski definition) is 0. The lowest BCUT2D eigenvalue weighted by molar-refractivity contribution is 1.40. The van der Waals surface area contributed by atoms with E-state index in [-0.39, 0.29) is 0 Å². The third-order valence-electron chi connectivity index (χ3n) is 1.81. The van der Waals surface area contributed by atoms with Crippen LogP contribution in [-0.2, 0) is 0 Å². The maximum absolute atomic E-state index is 3.78. The van der Waals surface area contributed by atoms with Crippen LogP contribution in [0.4, 0.5) is 0 Å². The molecule has 0 bridgehead atoms. The van der Waals surface area contributed by atoms with Crippen molar-refractivity contribution in [2.24, 2.45) is 0 Å². The fraction of sp³-hybridized carbons (Fsp3) is 0.429. The standard InChI is InChI=1S/C14H22S12/c1-5-15-9-19-23-13(24-20-10-16-6-2)14(25-21-11-17-7-3)26-22-12-18-8-4/h5-8,13-14H,1-4,9-12H2. The van der Waals surface area contributed by atoms with Gasteiger partial charge in [-0.3, -0.25) is 0 Å². The lowest BCUT2D eigenvalue weighted by atomic mass is 10.9. The molecule has 0 rings (SSSR count). The van der Waals surface area contributed by atoms with Crippen molar-refractivity contribution in [3.05, 3.63) is 47.9 Å². The lowest BCUT2D eigenvalue weighted by Gasteiger charge is -2.23. The van der Waals surface area contributed by atoms with Crippen molar-refractivity contribution in [1.29, 1.82) is 0 Å². The molecule has 0 unspecified atom stereocenters. The quantitative estimate of drug-likeness (QED) is 0.0727. The van der Waals surface area contributed by atoms with Crippen molar-refractivity contribution < 1.29 is 0 Å². The van der Waals surface area contributed by atoms with Crippen LogP contribution < -0.4 is 0 Å². The molecular weight excluding hydrogens is 553 g/mol. The first-order valence-corrected chi connectivity index (χ1v) is 20.6. The highest BCUT2D eigenvalue weighted by Gasteiger charge is 2.25. The van der Waals surface area contributed by atoms with Gasteiger partial charge in [0.25, 0.3) is 0 Å². The van der Waals surface area contributed by atoms with Crippen LogP contribution in [0.3, 0.4) is 0 Å². The largest absolute Gasteiger partial charge is 0.123 e. The van der Waals surface area contributed by atoms with E-state index in [2.05, 4.69) is 26.3 Å². The highest BCUT2D eigenvalue weighted by Crippen LogP contribution is 2.54. The van der Waals surface area contributed by atoms with E-state index in [1.54, 1.807) is 47.0 Å². The Labute approximate surface area is 208 Å². The van der Waals surface area contributed by atoms with Gasteiger partial charge >= 0.3 is 0 Å². The van der Waals surface area contributed by atoms with Crippen LogP contribution in [0.15, 0.2) is 47.9 Å². The number of thioether (sulfide) groups is 4. The summed E-state index contributed by atoms with van der Waals surface area (Å²) in [5.74, 6) is 0. The van der Waals surface area contributed by atoms with Gasteiger partial charge in [-0.2, -0.15) is 0 Å². The number of rotatable bonds is 21. The highest BCUT2D eigenvalue weighted by molar-refractivity contribution is 8.90. The molecule has 0 aliphatic carbocycles. The van der Waals surface area contributed by atoms with Crippen LogP contribution in [0.1, 0.15) is 0 Å². The van der Waals surface area contributed by atoms with Gasteiger partial charge in [0.05, 0.1) is 29.5 Å². The van der Waals surface area contributed by atoms with Crippen LogP contribution in [0.2, 0.25) is 0 Å². The van der Waals surface area contributed by atoms with Crippen molar-refractivity contribution in [1.82, 2.24) is 0 Å². The Morgan fingerprint density at radius 1 is 0.462 bits per heavy atom. The first-order valence-electron chi connectivity index (χ1n) is 6.83. The van der Waals surface area contributed by atoms with E-state index in [1.165, 1.54) is 0 Å². The Balaban J connectivity index is 4.61. The first-order chi connectivity index (χ1) is 12.8. The number of hydrogen-bond acceptors (Lipinski definition) is 12. The van der Waals surface area contributed by atoms with E-state index < -0.39 is 0 Å². The summed E-state index contributed by atoms with van der Waals surface area (Å²) in [5, 5.41) is 11.8. The second-order valence-corrected chi connectivity index (χ2v) is 19.3. The monoisotopic (exact) mass is 574 g/mol. The van der Waals surface area contributed by atoms with Crippen molar-refractivity contribution in [2.45, 2.75) is 9.16 Å². The van der Waals surface area contributed by atoms with Crippen LogP contribution >= 0.6 is 133 Å². The van der Waals surface area contributed by atoms with Gasteiger partial charge in [0.1, 0.15) is 0 Å². The second kappa shape index (κ2) is 24.4. The molecule has 0 amide bonds. The summed E-state index contributed by atoms with van der Waals surface area (Å²) in [5.41, 5.74) is 0. The molecule has 0 heterocycles. The molecule has 0 nitrogen and oxygen atoms in total. The van der Waals surface area contributed by atoms with E-state index in [4.69, 9.17) is 0 Å². The Kier molecular flexibility index (Phi) is 27.4. The van der Waals surface area contributed by atoms with E-state index in [1.807, 2.05) is 108 Å². The van der Waals surface area contributed by atoms with Gasteiger partial charge in [-0.1, -0.05) is 113 Å². The average molecular weight is 575 g/mol. The fourth-order valence-corrected chi connectivity index (χ4v) is 19.6. The smallest absolute Gasteiger partial charge is 0.0936 e. The zero-order chi connectivity index (χ0) is 19.3. The van der Waals surface area contributed by atoms with Gasteiger partial charge in [0.2, 0.25) is 0 Å². The molecule has 0 fully saturated rings. The van der Waals surface area contributed by atoms with E-state index in [9.17, 15) is 0 Å². The van der Waals surface area contributed by atoms with E-state index in [0.717, 1.165) is 20.3 Å². The second-order valence-electron chi connectivity index (χ2n) is 3.40. The zero-order valence-corrected chi connectivity index (χ0v) is 23.8.